The molecule has 78 valence electrons. The van der Waals surface area contributed by atoms with Crippen LogP contribution in [0.1, 0.15) is 38.1 Å². The van der Waals surface area contributed by atoms with Crippen LogP contribution in [0.4, 0.5) is 0 Å². The number of aromatic nitrogens is 2. The molecule has 0 bridgehead atoms. The predicted octanol–water partition coefficient (Wildman–Crippen LogP) is 1.54. The van der Waals surface area contributed by atoms with E-state index in [0.29, 0.717) is 11.7 Å². The summed E-state index contributed by atoms with van der Waals surface area (Å²) in [5.41, 5.74) is 0.00436. The zero-order valence-corrected chi connectivity index (χ0v) is 8.96. The lowest BCUT2D eigenvalue weighted by Gasteiger charge is -2.14. The molecule has 1 aromatic rings. The summed E-state index contributed by atoms with van der Waals surface area (Å²) in [4.78, 5) is 18.0. The number of rotatable bonds is 2. The fourth-order valence-electron chi connectivity index (χ4n) is 1.07. The average Bonchev–Trinajstić information content (AvgIpc) is 2.12. The van der Waals surface area contributed by atoms with Gasteiger partial charge in [0.2, 0.25) is 5.88 Å². The lowest BCUT2D eigenvalue weighted by molar-refractivity contribution is 0.430. The topological polar surface area (TPSA) is 66.0 Å². The van der Waals surface area contributed by atoms with E-state index in [2.05, 4.69) is 9.97 Å². The highest BCUT2D eigenvalue weighted by Gasteiger charge is 2.15. The summed E-state index contributed by atoms with van der Waals surface area (Å²) in [5, 5.41) is 9.38. The lowest BCUT2D eigenvalue weighted by Crippen LogP contribution is -2.17. The molecule has 4 nitrogen and oxygen atoms in total. The smallest absolute Gasteiger partial charge is 0.257 e. The van der Waals surface area contributed by atoms with E-state index in [-0.39, 0.29) is 22.9 Å². The van der Waals surface area contributed by atoms with E-state index in [4.69, 9.17) is 0 Å². The largest absolute Gasteiger partial charge is 0.493 e. The van der Waals surface area contributed by atoms with Crippen molar-refractivity contribution in [3.8, 4) is 5.88 Å². The van der Waals surface area contributed by atoms with Crippen molar-refractivity contribution in [1.82, 2.24) is 9.97 Å². The standard InChI is InChI=1S/C10H16N2O2/c1-5(2)6(3)8-11-9(13)7(4)10(14)12-8/h5-6H,1-4H3,(H2,11,12,13,14). The van der Waals surface area contributed by atoms with Crippen LogP contribution in [0.3, 0.4) is 0 Å². The Morgan fingerprint density at radius 2 is 1.93 bits per heavy atom. The molecule has 2 N–H and O–H groups in total. The molecular weight excluding hydrogens is 180 g/mol. The van der Waals surface area contributed by atoms with Gasteiger partial charge in [-0.05, 0) is 12.8 Å². The molecule has 0 saturated heterocycles. The maximum Gasteiger partial charge on any atom is 0.257 e. The van der Waals surface area contributed by atoms with Crippen molar-refractivity contribution in [2.45, 2.75) is 33.6 Å². The van der Waals surface area contributed by atoms with Crippen molar-refractivity contribution in [2.24, 2.45) is 5.92 Å². The molecule has 1 heterocycles. The molecule has 0 amide bonds. The van der Waals surface area contributed by atoms with E-state index in [1.165, 1.54) is 0 Å². The molecule has 14 heavy (non-hydrogen) atoms. The molecular formula is C10H16N2O2. The maximum absolute atomic E-state index is 11.3. The quantitative estimate of drug-likeness (QED) is 0.754. The van der Waals surface area contributed by atoms with Crippen LogP contribution in [0.15, 0.2) is 4.79 Å². The van der Waals surface area contributed by atoms with Gasteiger partial charge in [-0.15, -0.1) is 0 Å². The highest BCUT2D eigenvalue weighted by atomic mass is 16.3. The Hall–Kier alpha value is -1.32. The molecule has 0 spiro atoms. The van der Waals surface area contributed by atoms with Gasteiger partial charge in [0.05, 0.1) is 5.56 Å². The first-order chi connectivity index (χ1) is 6.43. The fraction of sp³-hybridized carbons (Fsp3) is 0.600. The Labute approximate surface area is 83.0 Å². The van der Waals surface area contributed by atoms with Crippen LogP contribution in [0, 0.1) is 12.8 Å². The molecule has 1 aromatic heterocycles. The van der Waals surface area contributed by atoms with Crippen LogP contribution in [-0.2, 0) is 0 Å². The van der Waals surface area contributed by atoms with E-state index in [9.17, 15) is 9.90 Å². The first kappa shape index (κ1) is 10.8. The molecule has 0 aromatic carbocycles. The van der Waals surface area contributed by atoms with E-state index in [1.54, 1.807) is 6.92 Å². The minimum atomic E-state index is -0.264. The van der Waals surface area contributed by atoms with E-state index in [1.807, 2.05) is 20.8 Å². The van der Waals surface area contributed by atoms with Crippen LogP contribution in [0.5, 0.6) is 5.88 Å². The number of H-pyrrole nitrogens is 1. The summed E-state index contributed by atoms with van der Waals surface area (Å²) in [6, 6.07) is 0. The number of aromatic amines is 1. The van der Waals surface area contributed by atoms with Crippen LogP contribution in [0.2, 0.25) is 0 Å². The molecule has 0 aliphatic carbocycles. The summed E-state index contributed by atoms with van der Waals surface area (Å²) in [5.74, 6) is 0.888. The van der Waals surface area contributed by atoms with E-state index >= 15 is 0 Å². The van der Waals surface area contributed by atoms with Gasteiger partial charge in [-0.1, -0.05) is 20.8 Å². The van der Waals surface area contributed by atoms with Gasteiger partial charge in [-0.2, -0.15) is 4.98 Å². The number of hydrogen-bond donors (Lipinski definition) is 2. The summed E-state index contributed by atoms with van der Waals surface area (Å²) in [6.07, 6.45) is 0. The number of nitrogens with zero attached hydrogens (tertiary/aromatic N) is 1. The molecule has 1 rings (SSSR count). The normalized spacial score (nSPS) is 13.2. The average molecular weight is 196 g/mol. The van der Waals surface area contributed by atoms with Gasteiger partial charge >= 0.3 is 0 Å². The van der Waals surface area contributed by atoms with Crippen molar-refractivity contribution in [1.29, 1.82) is 0 Å². The van der Waals surface area contributed by atoms with Crippen molar-refractivity contribution >= 4 is 0 Å². The summed E-state index contributed by atoms with van der Waals surface area (Å²) >= 11 is 0. The molecule has 4 heteroatoms. The van der Waals surface area contributed by atoms with Crippen LogP contribution >= 0.6 is 0 Å². The zero-order valence-electron chi connectivity index (χ0n) is 8.96. The van der Waals surface area contributed by atoms with Gasteiger partial charge in [-0.25, -0.2) is 0 Å². The highest BCUT2D eigenvalue weighted by Crippen LogP contribution is 2.21. The molecule has 0 aliphatic heterocycles. The minimum Gasteiger partial charge on any atom is -0.493 e. The molecule has 0 saturated carbocycles. The minimum absolute atomic E-state index is 0.134. The Morgan fingerprint density at radius 3 is 2.36 bits per heavy atom. The zero-order chi connectivity index (χ0) is 10.9. The summed E-state index contributed by atoms with van der Waals surface area (Å²) in [7, 11) is 0. The molecule has 1 unspecified atom stereocenters. The number of aromatic hydroxyl groups is 1. The number of hydrogen-bond acceptors (Lipinski definition) is 3. The third kappa shape index (κ3) is 1.95. The Morgan fingerprint density at radius 1 is 1.36 bits per heavy atom. The van der Waals surface area contributed by atoms with Crippen LogP contribution in [-0.4, -0.2) is 15.1 Å². The van der Waals surface area contributed by atoms with Crippen molar-refractivity contribution in [3.63, 3.8) is 0 Å². The second-order valence-electron chi connectivity index (χ2n) is 3.93. The van der Waals surface area contributed by atoms with Gasteiger partial charge in [-0.3, -0.25) is 4.79 Å². The van der Waals surface area contributed by atoms with Crippen molar-refractivity contribution in [2.75, 3.05) is 0 Å². The Bertz CT molecular complexity index is 382. The van der Waals surface area contributed by atoms with Gasteiger partial charge in [0, 0.05) is 5.92 Å². The Kier molecular flexibility index (Phi) is 2.93. The number of nitrogens with one attached hydrogen (secondary N) is 1. The summed E-state index contributed by atoms with van der Waals surface area (Å²) in [6.45, 7) is 7.60. The van der Waals surface area contributed by atoms with Crippen molar-refractivity contribution < 1.29 is 5.11 Å². The molecule has 0 fully saturated rings. The lowest BCUT2D eigenvalue weighted by atomic mass is 9.97. The first-order valence-electron chi connectivity index (χ1n) is 4.73. The van der Waals surface area contributed by atoms with Gasteiger partial charge in [0.15, 0.2) is 0 Å². The van der Waals surface area contributed by atoms with E-state index < -0.39 is 0 Å². The fourth-order valence-corrected chi connectivity index (χ4v) is 1.07. The highest BCUT2D eigenvalue weighted by molar-refractivity contribution is 5.21. The monoisotopic (exact) mass is 196 g/mol. The first-order valence-corrected chi connectivity index (χ1v) is 4.73. The maximum atomic E-state index is 11.3. The molecule has 1 atom stereocenters. The third-order valence-electron chi connectivity index (χ3n) is 2.58. The van der Waals surface area contributed by atoms with Gasteiger partial charge in [0.25, 0.3) is 5.56 Å². The third-order valence-corrected chi connectivity index (χ3v) is 2.58. The van der Waals surface area contributed by atoms with Crippen molar-refractivity contribution in [3.05, 3.63) is 21.7 Å². The summed E-state index contributed by atoms with van der Waals surface area (Å²) < 4.78 is 0. The predicted molar refractivity (Wildman–Crippen MR) is 54.5 cm³/mol. The second-order valence-corrected chi connectivity index (χ2v) is 3.93. The van der Waals surface area contributed by atoms with Gasteiger partial charge < -0.3 is 10.1 Å². The van der Waals surface area contributed by atoms with Crippen LogP contribution < -0.4 is 5.56 Å². The van der Waals surface area contributed by atoms with Gasteiger partial charge in [0.1, 0.15) is 5.82 Å². The van der Waals surface area contributed by atoms with Crippen LogP contribution in [0.25, 0.3) is 0 Å². The second kappa shape index (κ2) is 3.82. The van der Waals surface area contributed by atoms with E-state index in [0.717, 1.165) is 0 Å². The SMILES string of the molecule is Cc1c(O)nc(C(C)C(C)C)[nH]c1=O. The molecule has 0 radical (unpaired) electrons. The Balaban J connectivity index is 3.19. The molecule has 0 aliphatic rings.